The molecule has 1 saturated heterocycles. The van der Waals surface area contributed by atoms with E-state index in [1.165, 1.54) is 0 Å². The van der Waals surface area contributed by atoms with Gasteiger partial charge in [-0.1, -0.05) is 6.07 Å². The number of amides is 2. The van der Waals surface area contributed by atoms with Crippen LogP contribution >= 0.6 is 0 Å². The average Bonchev–Trinajstić information content (AvgIpc) is 2.54. The maximum atomic E-state index is 12.0. The van der Waals surface area contributed by atoms with Crippen molar-refractivity contribution in [2.45, 2.75) is 39.5 Å². The highest BCUT2D eigenvalue weighted by atomic mass is 16.5. The minimum atomic E-state index is -0.168. The number of aromatic nitrogens is 1. The molecule has 2 heterocycles. The summed E-state index contributed by atoms with van der Waals surface area (Å²) in [7, 11) is 0. The van der Waals surface area contributed by atoms with Crippen LogP contribution in [0.4, 0.5) is 4.79 Å². The summed E-state index contributed by atoms with van der Waals surface area (Å²) in [5.41, 5.74) is 0.932. The predicted molar refractivity (Wildman–Crippen MR) is 92.1 cm³/mol. The molecule has 134 valence electrons. The maximum Gasteiger partial charge on any atom is 0.315 e. The van der Waals surface area contributed by atoms with Gasteiger partial charge in [0.25, 0.3) is 0 Å². The Morgan fingerprint density at radius 1 is 1.33 bits per heavy atom. The summed E-state index contributed by atoms with van der Waals surface area (Å²) < 4.78 is 10.8. The Kier molecular flexibility index (Phi) is 7.27. The molecule has 24 heavy (non-hydrogen) atoms. The fraction of sp³-hybridized carbons (Fsp3) is 0.647. The molecular weight excluding hydrogens is 308 g/mol. The van der Waals surface area contributed by atoms with Crippen molar-refractivity contribution in [1.82, 2.24) is 20.5 Å². The third kappa shape index (κ3) is 6.72. The quantitative estimate of drug-likeness (QED) is 0.787. The highest BCUT2D eigenvalue weighted by molar-refractivity contribution is 5.74. The van der Waals surface area contributed by atoms with Crippen LogP contribution in [0, 0.1) is 0 Å². The predicted octanol–water partition coefficient (Wildman–Crippen LogP) is 1.39. The Hall–Kier alpha value is -1.86. The van der Waals surface area contributed by atoms with Crippen LogP contribution in [0.5, 0.6) is 5.88 Å². The SMILES string of the molecule is CC(C)Oc1ccc(CNC(=O)N[C@H](C)CN2CCOCC2)cn1. The van der Waals surface area contributed by atoms with Gasteiger partial charge in [-0.3, -0.25) is 4.90 Å². The molecule has 0 unspecified atom stereocenters. The number of carbonyl (C=O) groups excluding carboxylic acids is 1. The zero-order chi connectivity index (χ0) is 17.4. The number of ether oxygens (including phenoxy) is 2. The first-order valence-electron chi connectivity index (χ1n) is 8.49. The third-order valence-electron chi connectivity index (χ3n) is 3.62. The second kappa shape index (κ2) is 9.44. The van der Waals surface area contributed by atoms with Crippen LogP contribution in [0.1, 0.15) is 26.3 Å². The number of hydrogen-bond donors (Lipinski definition) is 2. The minimum absolute atomic E-state index is 0.0862. The van der Waals surface area contributed by atoms with Gasteiger partial charge in [-0.05, 0) is 26.3 Å². The van der Waals surface area contributed by atoms with Crippen LogP contribution in [-0.2, 0) is 11.3 Å². The van der Waals surface area contributed by atoms with Crippen LogP contribution in [0.2, 0.25) is 0 Å². The van der Waals surface area contributed by atoms with Crippen molar-refractivity contribution in [1.29, 1.82) is 0 Å². The normalized spacial score (nSPS) is 16.7. The molecule has 1 aromatic rings. The fourth-order valence-corrected chi connectivity index (χ4v) is 2.50. The van der Waals surface area contributed by atoms with Gasteiger partial charge >= 0.3 is 6.03 Å². The molecule has 0 saturated carbocycles. The molecule has 1 aliphatic heterocycles. The molecule has 1 aliphatic rings. The second-order valence-electron chi connectivity index (χ2n) is 6.31. The topological polar surface area (TPSA) is 75.7 Å². The molecule has 1 aromatic heterocycles. The maximum absolute atomic E-state index is 12.0. The Bertz CT molecular complexity index is 501. The molecule has 1 fully saturated rings. The van der Waals surface area contributed by atoms with E-state index < -0.39 is 0 Å². The molecular formula is C17H28N4O3. The first kappa shape index (κ1) is 18.5. The Balaban J connectivity index is 1.68. The van der Waals surface area contributed by atoms with E-state index in [4.69, 9.17) is 9.47 Å². The van der Waals surface area contributed by atoms with Gasteiger partial charge in [0, 0.05) is 44.5 Å². The Morgan fingerprint density at radius 2 is 2.08 bits per heavy atom. The molecule has 1 atom stereocenters. The largest absolute Gasteiger partial charge is 0.475 e. The fourth-order valence-electron chi connectivity index (χ4n) is 2.50. The summed E-state index contributed by atoms with van der Waals surface area (Å²) in [6.07, 6.45) is 1.81. The Morgan fingerprint density at radius 3 is 2.71 bits per heavy atom. The summed E-state index contributed by atoms with van der Waals surface area (Å²) in [5.74, 6) is 0.595. The van der Waals surface area contributed by atoms with Crippen LogP contribution < -0.4 is 15.4 Å². The molecule has 7 nitrogen and oxygen atoms in total. The van der Waals surface area contributed by atoms with Gasteiger partial charge in [-0.25, -0.2) is 9.78 Å². The number of hydrogen-bond acceptors (Lipinski definition) is 5. The molecule has 2 N–H and O–H groups in total. The van der Waals surface area contributed by atoms with E-state index in [1.54, 1.807) is 6.20 Å². The first-order valence-corrected chi connectivity index (χ1v) is 8.49. The molecule has 7 heteroatoms. The summed E-state index contributed by atoms with van der Waals surface area (Å²) in [4.78, 5) is 18.5. The number of pyridine rings is 1. The summed E-state index contributed by atoms with van der Waals surface area (Å²) >= 11 is 0. The van der Waals surface area contributed by atoms with Gasteiger partial charge in [-0.15, -0.1) is 0 Å². The van der Waals surface area contributed by atoms with Gasteiger partial charge < -0.3 is 20.1 Å². The van der Waals surface area contributed by atoms with Gasteiger partial charge in [0.05, 0.1) is 19.3 Å². The highest BCUT2D eigenvalue weighted by Crippen LogP contribution is 2.09. The van der Waals surface area contributed by atoms with Crippen molar-refractivity contribution < 1.29 is 14.3 Å². The molecule has 0 aromatic carbocycles. The lowest BCUT2D eigenvalue weighted by Crippen LogP contribution is -2.48. The van der Waals surface area contributed by atoms with Crippen molar-refractivity contribution >= 4 is 6.03 Å². The summed E-state index contributed by atoms with van der Waals surface area (Å²) in [5, 5.41) is 5.81. The van der Waals surface area contributed by atoms with Crippen LogP contribution in [0.25, 0.3) is 0 Å². The van der Waals surface area contributed by atoms with E-state index >= 15 is 0 Å². The van der Waals surface area contributed by atoms with Crippen molar-refractivity contribution in [2.24, 2.45) is 0 Å². The van der Waals surface area contributed by atoms with E-state index in [1.807, 2.05) is 32.9 Å². The molecule has 2 rings (SSSR count). The number of nitrogens with one attached hydrogen (secondary N) is 2. The van der Waals surface area contributed by atoms with Gasteiger partial charge in [0.2, 0.25) is 5.88 Å². The average molecular weight is 336 g/mol. The summed E-state index contributed by atoms with van der Waals surface area (Å²) in [6, 6.07) is 3.64. The van der Waals surface area contributed by atoms with Crippen molar-refractivity contribution in [2.75, 3.05) is 32.8 Å². The van der Waals surface area contributed by atoms with Crippen molar-refractivity contribution in [3.05, 3.63) is 23.9 Å². The van der Waals surface area contributed by atoms with Crippen molar-refractivity contribution in [3.8, 4) is 5.88 Å². The zero-order valence-corrected chi connectivity index (χ0v) is 14.7. The lowest BCUT2D eigenvalue weighted by molar-refractivity contribution is 0.0349. The number of urea groups is 1. The molecule has 0 bridgehead atoms. The van der Waals surface area contributed by atoms with Gasteiger partial charge in [0.1, 0.15) is 0 Å². The standard InChI is InChI=1S/C17H28N4O3/c1-13(2)24-16-5-4-15(10-18-16)11-19-17(22)20-14(3)12-21-6-8-23-9-7-21/h4-5,10,13-14H,6-9,11-12H2,1-3H3,(H2,19,20,22)/t14-/m1/s1. The van der Waals surface area contributed by atoms with E-state index in [-0.39, 0.29) is 18.2 Å². The van der Waals surface area contributed by atoms with Gasteiger partial charge in [-0.2, -0.15) is 0 Å². The summed E-state index contributed by atoms with van der Waals surface area (Å²) in [6.45, 7) is 10.6. The second-order valence-corrected chi connectivity index (χ2v) is 6.31. The molecule has 0 aliphatic carbocycles. The molecule has 0 spiro atoms. The number of morpholine rings is 1. The minimum Gasteiger partial charge on any atom is -0.475 e. The van der Waals surface area contributed by atoms with Crippen LogP contribution in [-0.4, -0.2) is 60.9 Å². The monoisotopic (exact) mass is 336 g/mol. The Labute approximate surface area is 143 Å². The van der Waals surface area contributed by atoms with E-state index in [9.17, 15) is 4.79 Å². The zero-order valence-electron chi connectivity index (χ0n) is 14.7. The van der Waals surface area contributed by atoms with Crippen LogP contribution in [0.15, 0.2) is 18.3 Å². The lowest BCUT2D eigenvalue weighted by atomic mass is 10.3. The smallest absolute Gasteiger partial charge is 0.315 e. The molecule has 2 amide bonds. The van der Waals surface area contributed by atoms with Gasteiger partial charge in [0.15, 0.2) is 0 Å². The number of nitrogens with zero attached hydrogens (tertiary/aromatic N) is 2. The van der Waals surface area contributed by atoms with E-state index in [0.29, 0.717) is 12.4 Å². The van der Waals surface area contributed by atoms with E-state index in [2.05, 4.69) is 20.5 Å². The third-order valence-corrected chi connectivity index (χ3v) is 3.62. The number of rotatable bonds is 7. The highest BCUT2D eigenvalue weighted by Gasteiger charge is 2.15. The number of carbonyl (C=O) groups is 1. The lowest BCUT2D eigenvalue weighted by Gasteiger charge is -2.29. The van der Waals surface area contributed by atoms with Crippen LogP contribution in [0.3, 0.4) is 0 Å². The van der Waals surface area contributed by atoms with Crippen molar-refractivity contribution in [3.63, 3.8) is 0 Å². The van der Waals surface area contributed by atoms with E-state index in [0.717, 1.165) is 38.4 Å². The molecule has 0 radical (unpaired) electrons. The first-order chi connectivity index (χ1) is 11.5.